The Morgan fingerprint density at radius 1 is 1.31 bits per heavy atom. The van der Waals surface area contributed by atoms with E-state index in [2.05, 4.69) is 20.8 Å². The van der Waals surface area contributed by atoms with Crippen molar-refractivity contribution >= 4 is 5.97 Å². The number of carbonyl (C=O) groups excluding carboxylic acids is 1. The van der Waals surface area contributed by atoms with Gasteiger partial charge >= 0.3 is 5.97 Å². The molecule has 0 saturated heterocycles. The molecule has 0 spiro atoms. The lowest BCUT2D eigenvalue weighted by Gasteiger charge is -2.23. The summed E-state index contributed by atoms with van der Waals surface area (Å²) in [6.07, 6.45) is 5.49. The monoisotopic (exact) mass is 227 g/mol. The van der Waals surface area contributed by atoms with E-state index in [1.54, 1.807) is 0 Å². The van der Waals surface area contributed by atoms with Crippen LogP contribution in [0.1, 0.15) is 59.3 Å². The summed E-state index contributed by atoms with van der Waals surface area (Å²) in [4.78, 5) is 11.6. The third-order valence-corrected chi connectivity index (χ3v) is 3.21. The summed E-state index contributed by atoms with van der Waals surface area (Å²) >= 11 is 0. The third-order valence-electron chi connectivity index (χ3n) is 3.21. The third kappa shape index (κ3) is 4.97. The summed E-state index contributed by atoms with van der Waals surface area (Å²) in [5, 5.41) is 0. The lowest BCUT2D eigenvalue weighted by Crippen LogP contribution is -2.39. The Labute approximate surface area is 98.7 Å². The molecule has 2 N–H and O–H groups in total. The molecule has 1 aliphatic carbocycles. The molecule has 3 nitrogen and oxygen atoms in total. The number of esters is 1. The summed E-state index contributed by atoms with van der Waals surface area (Å²) in [6, 6.07) is 0. The number of carbonyl (C=O) groups is 1. The molecule has 0 amide bonds. The van der Waals surface area contributed by atoms with Gasteiger partial charge in [0.05, 0.1) is 13.0 Å². The van der Waals surface area contributed by atoms with Gasteiger partial charge in [-0.2, -0.15) is 0 Å². The first-order valence-electron chi connectivity index (χ1n) is 6.25. The van der Waals surface area contributed by atoms with Crippen LogP contribution in [-0.4, -0.2) is 18.1 Å². The van der Waals surface area contributed by atoms with Crippen molar-refractivity contribution in [3.8, 4) is 0 Å². The molecule has 0 heterocycles. The number of hydrogen-bond donors (Lipinski definition) is 1. The van der Waals surface area contributed by atoms with E-state index in [9.17, 15) is 4.79 Å². The Hall–Kier alpha value is -0.570. The van der Waals surface area contributed by atoms with Gasteiger partial charge < -0.3 is 10.5 Å². The van der Waals surface area contributed by atoms with Crippen LogP contribution < -0.4 is 5.73 Å². The highest BCUT2D eigenvalue weighted by Crippen LogP contribution is 2.30. The van der Waals surface area contributed by atoms with E-state index < -0.39 is 0 Å². The molecule has 0 aliphatic heterocycles. The zero-order valence-corrected chi connectivity index (χ0v) is 10.8. The Bertz CT molecular complexity index is 237. The van der Waals surface area contributed by atoms with E-state index in [0.29, 0.717) is 13.0 Å². The van der Waals surface area contributed by atoms with Crippen molar-refractivity contribution in [3.05, 3.63) is 0 Å². The molecule has 0 atom stereocenters. The van der Waals surface area contributed by atoms with Crippen molar-refractivity contribution in [2.45, 2.75) is 64.8 Å². The van der Waals surface area contributed by atoms with Crippen LogP contribution in [0.5, 0.6) is 0 Å². The van der Waals surface area contributed by atoms with Gasteiger partial charge in [-0.1, -0.05) is 33.6 Å². The highest BCUT2D eigenvalue weighted by Gasteiger charge is 2.32. The summed E-state index contributed by atoms with van der Waals surface area (Å²) < 4.78 is 5.23. The second kappa shape index (κ2) is 5.17. The molecular formula is C13H25NO2. The van der Waals surface area contributed by atoms with E-state index in [0.717, 1.165) is 32.1 Å². The number of hydrogen-bond acceptors (Lipinski definition) is 3. The van der Waals surface area contributed by atoms with Gasteiger partial charge in [-0.25, -0.2) is 0 Å². The highest BCUT2D eigenvalue weighted by molar-refractivity contribution is 5.70. The molecule has 16 heavy (non-hydrogen) atoms. The van der Waals surface area contributed by atoms with E-state index in [4.69, 9.17) is 10.5 Å². The molecule has 1 saturated carbocycles. The topological polar surface area (TPSA) is 52.3 Å². The SMILES string of the molecule is CC(C)(C)CCOC(=O)CC1(N)CCCC1. The van der Waals surface area contributed by atoms with E-state index >= 15 is 0 Å². The Morgan fingerprint density at radius 2 is 1.88 bits per heavy atom. The average Bonchev–Trinajstić information content (AvgIpc) is 2.49. The van der Waals surface area contributed by atoms with E-state index in [1.807, 2.05) is 0 Å². The molecule has 1 aliphatic rings. The quantitative estimate of drug-likeness (QED) is 0.751. The average molecular weight is 227 g/mol. The van der Waals surface area contributed by atoms with Gasteiger partial charge in [0.2, 0.25) is 0 Å². The zero-order valence-electron chi connectivity index (χ0n) is 10.8. The Kier molecular flexibility index (Phi) is 4.36. The molecule has 0 bridgehead atoms. The van der Waals surface area contributed by atoms with Gasteiger partial charge in [0.15, 0.2) is 0 Å². The second-order valence-corrected chi connectivity index (χ2v) is 6.28. The van der Waals surface area contributed by atoms with Crippen molar-refractivity contribution in [1.29, 1.82) is 0 Å². The van der Waals surface area contributed by atoms with Crippen LogP contribution in [0.4, 0.5) is 0 Å². The van der Waals surface area contributed by atoms with Gasteiger partial charge in [0.25, 0.3) is 0 Å². The zero-order chi connectivity index (χ0) is 12.2. The normalized spacial score (nSPS) is 19.8. The first kappa shape index (κ1) is 13.5. The van der Waals surface area contributed by atoms with Gasteiger partial charge in [0, 0.05) is 5.54 Å². The molecule has 0 radical (unpaired) electrons. The highest BCUT2D eigenvalue weighted by atomic mass is 16.5. The molecule has 94 valence electrons. The molecule has 0 aromatic rings. The summed E-state index contributed by atoms with van der Waals surface area (Å²) in [7, 11) is 0. The minimum absolute atomic E-state index is 0.131. The summed E-state index contributed by atoms with van der Waals surface area (Å²) in [6.45, 7) is 6.94. The molecule has 3 heteroatoms. The largest absolute Gasteiger partial charge is 0.466 e. The van der Waals surface area contributed by atoms with Gasteiger partial charge in [0.1, 0.15) is 0 Å². The Morgan fingerprint density at radius 3 is 2.38 bits per heavy atom. The van der Waals surface area contributed by atoms with Crippen molar-refractivity contribution in [3.63, 3.8) is 0 Å². The van der Waals surface area contributed by atoms with E-state index in [1.165, 1.54) is 0 Å². The fraction of sp³-hybridized carbons (Fsp3) is 0.923. The van der Waals surface area contributed by atoms with Crippen LogP contribution in [0.2, 0.25) is 0 Å². The molecular weight excluding hydrogens is 202 g/mol. The van der Waals surface area contributed by atoms with Crippen LogP contribution in [0.3, 0.4) is 0 Å². The van der Waals surface area contributed by atoms with Crippen molar-refractivity contribution in [1.82, 2.24) is 0 Å². The summed E-state index contributed by atoms with van der Waals surface area (Å²) in [5.41, 5.74) is 6.05. The van der Waals surface area contributed by atoms with Crippen LogP contribution in [0.25, 0.3) is 0 Å². The first-order chi connectivity index (χ1) is 7.31. The fourth-order valence-electron chi connectivity index (χ4n) is 2.07. The smallest absolute Gasteiger partial charge is 0.307 e. The predicted octanol–water partition coefficient (Wildman–Crippen LogP) is 2.63. The van der Waals surface area contributed by atoms with Crippen LogP contribution in [0, 0.1) is 5.41 Å². The predicted molar refractivity (Wildman–Crippen MR) is 65.0 cm³/mol. The number of nitrogens with two attached hydrogens (primary N) is 1. The van der Waals surface area contributed by atoms with Gasteiger partial charge in [-0.05, 0) is 24.7 Å². The Balaban J connectivity index is 2.21. The van der Waals surface area contributed by atoms with Crippen molar-refractivity contribution in [2.24, 2.45) is 11.1 Å². The molecule has 0 unspecified atom stereocenters. The standard InChI is InChI=1S/C13H25NO2/c1-12(2,3)8-9-16-11(15)10-13(14)6-4-5-7-13/h4-10,14H2,1-3H3. The van der Waals surface area contributed by atoms with Crippen LogP contribution >= 0.6 is 0 Å². The minimum atomic E-state index is -0.279. The first-order valence-corrected chi connectivity index (χ1v) is 6.25. The minimum Gasteiger partial charge on any atom is -0.466 e. The van der Waals surface area contributed by atoms with Gasteiger partial charge in [-0.15, -0.1) is 0 Å². The fourth-order valence-corrected chi connectivity index (χ4v) is 2.07. The molecule has 1 rings (SSSR count). The maximum atomic E-state index is 11.6. The number of rotatable bonds is 4. The maximum absolute atomic E-state index is 11.6. The molecule has 0 aromatic carbocycles. The van der Waals surface area contributed by atoms with Crippen LogP contribution in [0.15, 0.2) is 0 Å². The van der Waals surface area contributed by atoms with Crippen LogP contribution in [-0.2, 0) is 9.53 Å². The van der Waals surface area contributed by atoms with Gasteiger partial charge in [-0.3, -0.25) is 4.79 Å². The van der Waals surface area contributed by atoms with Crippen molar-refractivity contribution in [2.75, 3.05) is 6.61 Å². The second-order valence-electron chi connectivity index (χ2n) is 6.28. The number of ether oxygens (including phenoxy) is 1. The maximum Gasteiger partial charge on any atom is 0.307 e. The molecule has 1 fully saturated rings. The van der Waals surface area contributed by atoms with Crippen molar-refractivity contribution < 1.29 is 9.53 Å². The van der Waals surface area contributed by atoms with E-state index in [-0.39, 0.29) is 16.9 Å². The summed E-state index contributed by atoms with van der Waals surface area (Å²) in [5.74, 6) is -0.131. The lowest BCUT2D eigenvalue weighted by atomic mass is 9.93. The lowest BCUT2D eigenvalue weighted by molar-refractivity contribution is -0.145. The molecule has 0 aromatic heterocycles.